The second-order valence-electron chi connectivity index (χ2n) is 9.71. The summed E-state index contributed by atoms with van der Waals surface area (Å²) in [7, 11) is -6.91. The first-order valence-electron chi connectivity index (χ1n) is 9.11. The van der Waals surface area contributed by atoms with E-state index >= 15 is 0 Å². The summed E-state index contributed by atoms with van der Waals surface area (Å²) in [5, 5.41) is 0. The van der Waals surface area contributed by atoms with Crippen molar-refractivity contribution in [2.75, 3.05) is 0 Å². The van der Waals surface area contributed by atoms with Gasteiger partial charge in [0.25, 0.3) is 0 Å². The Morgan fingerprint density at radius 3 is 1.71 bits per heavy atom. The molecule has 0 amide bonds. The summed E-state index contributed by atoms with van der Waals surface area (Å²) in [6.07, 6.45) is 0. The van der Waals surface area contributed by atoms with Crippen LogP contribution < -0.4 is 0 Å². The first-order chi connectivity index (χ1) is 10.7. The monoisotopic (exact) mass is 398 g/mol. The van der Waals surface area contributed by atoms with Gasteiger partial charge in [-0.3, -0.25) is 0 Å². The molecule has 1 aromatic rings. The van der Waals surface area contributed by atoms with Crippen LogP contribution in [0.4, 0.5) is 0 Å². The fraction of sp³-hybridized carbons (Fsp3) is 0.667. The summed E-state index contributed by atoms with van der Waals surface area (Å²) >= 11 is 0. The van der Waals surface area contributed by atoms with Gasteiger partial charge in [0, 0.05) is 0 Å². The van der Waals surface area contributed by atoms with Crippen molar-refractivity contribution in [1.82, 2.24) is 0 Å². The molecule has 0 saturated heterocycles. The smallest absolute Gasteiger partial charge is 0.311 e. The van der Waals surface area contributed by atoms with E-state index in [1.807, 2.05) is 0 Å². The van der Waals surface area contributed by atoms with Gasteiger partial charge in [-0.05, 0) is 56.8 Å². The van der Waals surface area contributed by atoms with Crippen LogP contribution in [0.5, 0.6) is 0 Å². The minimum Gasteiger partial charge on any atom is -0.439 e. The van der Waals surface area contributed by atoms with Crippen LogP contribution in [0, 0.1) is 0 Å². The number of hydrogen-bond acceptors (Lipinski definition) is 2. The van der Waals surface area contributed by atoms with Crippen molar-refractivity contribution in [3.8, 4) is 0 Å². The lowest BCUT2D eigenvalue weighted by molar-refractivity contribution is 0.395. The molecule has 0 fully saturated rings. The first-order valence-corrected chi connectivity index (χ1v) is 22.4. The van der Waals surface area contributed by atoms with Crippen molar-refractivity contribution in [1.29, 1.82) is 0 Å². The van der Waals surface area contributed by atoms with E-state index in [0.717, 1.165) is 0 Å². The molecule has 1 rings (SSSR count). The second-order valence-corrected chi connectivity index (χ2v) is 33.4. The third-order valence-corrected chi connectivity index (χ3v) is 28.5. The lowest BCUT2D eigenvalue weighted by atomic mass is 10.0. The van der Waals surface area contributed by atoms with Crippen molar-refractivity contribution in [3.05, 3.63) is 35.9 Å². The molecule has 0 spiro atoms. The number of hydrogen-bond donors (Lipinski definition) is 0. The Morgan fingerprint density at radius 1 is 0.792 bits per heavy atom. The molecular weight excluding hydrogens is 361 g/mol. The predicted molar refractivity (Wildman–Crippen MR) is 118 cm³/mol. The van der Waals surface area contributed by atoms with Gasteiger partial charge < -0.3 is 8.23 Å². The third kappa shape index (κ3) is 6.72. The predicted octanol–water partition coefficient (Wildman–Crippen LogP) is 6.35. The second kappa shape index (κ2) is 7.71. The van der Waals surface area contributed by atoms with Crippen molar-refractivity contribution >= 4 is 32.3 Å². The maximum Gasteiger partial charge on any atom is 0.311 e. The van der Waals surface area contributed by atoms with E-state index in [0.29, 0.717) is 5.92 Å². The van der Waals surface area contributed by atoms with Crippen LogP contribution in [0.25, 0.3) is 0 Å². The fourth-order valence-corrected chi connectivity index (χ4v) is 25.4. The Kier molecular flexibility index (Phi) is 7.09. The molecule has 1 aromatic carbocycles. The lowest BCUT2D eigenvalue weighted by Gasteiger charge is -2.46. The van der Waals surface area contributed by atoms with Gasteiger partial charge in [0.2, 0.25) is 0 Å². The van der Waals surface area contributed by atoms with Crippen LogP contribution in [0.2, 0.25) is 65.0 Å². The van der Waals surface area contributed by atoms with E-state index in [9.17, 15) is 0 Å². The molecule has 2 nitrogen and oxygen atoms in total. The van der Waals surface area contributed by atoms with Gasteiger partial charge in [-0.1, -0.05) is 56.9 Å². The van der Waals surface area contributed by atoms with Crippen LogP contribution in [0.15, 0.2) is 30.3 Å². The average Bonchev–Trinajstić information content (AvgIpc) is 2.34. The molecule has 0 bridgehead atoms. The van der Waals surface area contributed by atoms with Crippen LogP contribution in [-0.4, -0.2) is 32.3 Å². The maximum absolute atomic E-state index is 7.01. The Morgan fingerprint density at radius 2 is 1.29 bits per heavy atom. The highest BCUT2D eigenvalue weighted by Gasteiger charge is 2.49. The summed E-state index contributed by atoms with van der Waals surface area (Å²) in [5.41, 5.74) is 1.43. The van der Waals surface area contributed by atoms with Crippen LogP contribution in [-0.2, 0) is 8.23 Å². The Bertz CT molecular complexity index is 520. The summed E-state index contributed by atoms with van der Waals surface area (Å²) < 4.78 is 13.5. The van der Waals surface area contributed by atoms with Crippen LogP contribution in [0.1, 0.15) is 18.4 Å². The van der Waals surface area contributed by atoms with Crippen molar-refractivity contribution in [3.63, 3.8) is 0 Å². The first kappa shape index (κ1) is 22.0. The topological polar surface area (TPSA) is 18.5 Å². The van der Waals surface area contributed by atoms with E-state index in [-0.39, 0.29) is 0 Å². The van der Waals surface area contributed by atoms with E-state index in [1.54, 1.807) is 0 Å². The molecule has 2 unspecified atom stereocenters. The zero-order valence-corrected chi connectivity index (χ0v) is 21.5. The van der Waals surface area contributed by atoms with Crippen LogP contribution >= 0.6 is 0 Å². The van der Waals surface area contributed by atoms with Crippen LogP contribution in [0.3, 0.4) is 0 Å². The molecule has 0 radical (unpaired) electrons. The summed E-state index contributed by atoms with van der Waals surface area (Å²) in [6, 6.07) is 12.1. The van der Waals surface area contributed by atoms with E-state index in [2.05, 4.69) is 96.2 Å². The molecule has 24 heavy (non-hydrogen) atoms. The zero-order chi connectivity index (χ0) is 18.8. The number of benzene rings is 1. The minimum absolute atomic E-state index is 0.547. The Balaban J connectivity index is 3.03. The molecule has 0 aliphatic heterocycles. The highest BCUT2D eigenvalue weighted by atomic mass is 29.3. The third-order valence-electron chi connectivity index (χ3n) is 4.67. The fourth-order valence-electron chi connectivity index (χ4n) is 3.29. The minimum atomic E-state index is -2.09. The molecule has 6 heteroatoms. The Labute approximate surface area is 154 Å². The largest absolute Gasteiger partial charge is 0.439 e. The van der Waals surface area contributed by atoms with E-state index in [1.165, 1.54) is 11.6 Å². The SMILES string of the molecule is CC(C[Si](C)(O[Si](C)(C)O[Si](C)(C)C)[Si](C)(C)C)c1ccccc1. The van der Waals surface area contributed by atoms with Gasteiger partial charge in [0.1, 0.15) is 0 Å². The molecule has 0 aromatic heterocycles. The zero-order valence-electron chi connectivity index (χ0n) is 17.5. The van der Waals surface area contributed by atoms with Crippen molar-refractivity contribution in [2.24, 2.45) is 0 Å². The molecular formula is C18H38O2Si4. The molecule has 0 aliphatic rings. The molecule has 2 atom stereocenters. The lowest BCUT2D eigenvalue weighted by Crippen LogP contribution is -2.64. The Hall–Kier alpha value is 0.00753. The molecule has 0 heterocycles. The van der Waals surface area contributed by atoms with Gasteiger partial charge >= 0.3 is 8.56 Å². The summed E-state index contributed by atoms with van der Waals surface area (Å²) in [4.78, 5) is 0. The highest BCUT2D eigenvalue weighted by molar-refractivity contribution is 7.39. The van der Waals surface area contributed by atoms with E-state index in [4.69, 9.17) is 8.23 Å². The van der Waals surface area contributed by atoms with Gasteiger partial charge in [-0.25, -0.2) is 0 Å². The quantitative estimate of drug-likeness (QED) is 0.475. The van der Waals surface area contributed by atoms with Crippen molar-refractivity contribution < 1.29 is 8.23 Å². The number of rotatable bonds is 8. The van der Waals surface area contributed by atoms with Gasteiger partial charge in [0.15, 0.2) is 16.2 Å². The average molecular weight is 399 g/mol. The van der Waals surface area contributed by atoms with Gasteiger partial charge in [-0.15, -0.1) is 0 Å². The normalized spacial score (nSPS) is 17.4. The van der Waals surface area contributed by atoms with Gasteiger partial charge in [0.05, 0.1) is 7.59 Å². The molecule has 0 aliphatic carbocycles. The molecule has 0 N–H and O–H groups in total. The summed E-state index contributed by atoms with van der Waals surface area (Å²) in [5.74, 6) is 0.547. The highest BCUT2D eigenvalue weighted by Crippen LogP contribution is 2.35. The van der Waals surface area contributed by atoms with Crippen molar-refractivity contribution in [2.45, 2.75) is 77.8 Å². The van der Waals surface area contributed by atoms with E-state index < -0.39 is 32.3 Å². The maximum atomic E-state index is 7.01. The standard InChI is InChI=1S/C18H38O2Si4/c1-17(18-14-12-11-13-15-18)16-24(10,22(5,6)7)20-23(8,9)19-21(2,3)4/h11-15,17H,16H2,1-10H3. The van der Waals surface area contributed by atoms with Gasteiger partial charge in [-0.2, -0.15) is 0 Å². The molecule has 0 saturated carbocycles. The summed E-state index contributed by atoms with van der Waals surface area (Å²) in [6.45, 7) is 23.6. The molecule has 138 valence electrons.